The predicted octanol–water partition coefficient (Wildman–Crippen LogP) is 14.5. The maximum absolute atomic E-state index is 4.75. The summed E-state index contributed by atoms with van der Waals surface area (Å²) >= 11 is 1.92. The highest BCUT2D eigenvalue weighted by atomic mass is 32.2. The molecule has 0 unspecified atom stereocenters. The molecule has 244 valence electrons. The van der Waals surface area contributed by atoms with E-state index in [2.05, 4.69) is 182 Å². The zero-order valence-corrected chi connectivity index (χ0v) is 29.5. The minimum Gasteiger partial charge on any atom is -0.121 e. The highest BCUT2D eigenvalue weighted by molar-refractivity contribution is 7.98. The second-order valence-corrected chi connectivity index (χ2v) is 14.6. The Kier molecular flexibility index (Phi) is 7.41. The quantitative estimate of drug-likeness (QED) is 0.168. The number of hydrogen-bond donors (Lipinski definition) is 0. The molecule has 0 aromatic heterocycles. The molecule has 0 saturated carbocycles. The van der Waals surface area contributed by atoms with E-state index < -0.39 is 0 Å². The normalized spacial score (nSPS) is 12.5. The lowest BCUT2D eigenvalue weighted by Crippen LogP contribution is -1.94. The van der Waals surface area contributed by atoms with Crippen LogP contribution in [0.25, 0.3) is 82.4 Å². The van der Waals surface area contributed by atoms with Crippen molar-refractivity contribution >= 4 is 49.7 Å². The van der Waals surface area contributed by atoms with E-state index in [1.54, 1.807) is 0 Å². The van der Waals surface area contributed by atoms with Crippen LogP contribution in [0.15, 0.2) is 193 Å². The molecular formula is C51H34S. The molecule has 1 heteroatoms. The van der Waals surface area contributed by atoms with Crippen LogP contribution in [0, 0.1) is 0 Å². The molecule has 0 aliphatic carbocycles. The van der Waals surface area contributed by atoms with Gasteiger partial charge in [-0.05, 0) is 111 Å². The summed E-state index contributed by atoms with van der Waals surface area (Å²) in [6.07, 6.45) is 0. The zero-order valence-electron chi connectivity index (χ0n) is 28.6. The van der Waals surface area contributed by atoms with Crippen LogP contribution in [-0.4, -0.2) is 0 Å². The molecule has 0 atom stereocenters. The Morgan fingerprint density at radius 1 is 0.365 bits per heavy atom. The van der Waals surface area contributed by atoms with Gasteiger partial charge in [0.05, 0.1) is 0 Å². The van der Waals surface area contributed by atoms with E-state index in [1.165, 1.54) is 98.4 Å². The molecule has 0 amide bonds. The standard InChI is InChI=1S/C51H34S/c1-33-39-18-7-8-20-42(39)48-30-36(34-14-3-2-4-15-34)26-27-38(48)32-52-49-31-37(28-29-40(33)49)50-44-21-9-11-23-46(44)51(47-24-12-10-22-45(47)50)43-25-13-17-35-16-5-6-19-41(35)43/h2-31H,1,32H2. The van der Waals surface area contributed by atoms with Gasteiger partial charge in [-0.25, -0.2) is 0 Å². The van der Waals surface area contributed by atoms with Crippen molar-refractivity contribution in [3.8, 4) is 44.5 Å². The van der Waals surface area contributed by atoms with Crippen LogP contribution in [0.1, 0.15) is 16.7 Å². The number of fused-ring (bicyclic) bond motifs is 7. The third-order valence-electron chi connectivity index (χ3n) is 10.7. The molecule has 0 N–H and O–H groups in total. The van der Waals surface area contributed by atoms with Crippen LogP contribution in [0.5, 0.6) is 0 Å². The maximum Gasteiger partial charge on any atom is 0.0238 e. The summed E-state index contributed by atoms with van der Waals surface area (Å²) in [6.45, 7) is 4.75. The van der Waals surface area contributed by atoms with Crippen molar-refractivity contribution < 1.29 is 0 Å². The topological polar surface area (TPSA) is 0 Å². The van der Waals surface area contributed by atoms with Crippen LogP contribution >= 0.6 is 11.8 Å². The van der Waals surface area contributed by atoms with Gasteiger partial charge in [0.2, 0.25) is 0 Å². The van der Waals surface area contributed by atoms with E-state index in [0.717, 1.165) is 11.3 Å². The van der Waals surface area contributed by atoms with E-state index in [0.29, 0.717) is 0 Å². The Labute approximate surface area is 308 Å². The monoisotopic (exact) mass is 678 g/mol. The molecular weight excluding hydrogens is 645 g/mol. The molecule has 0 bridgehead atoms. The Bertz CT molecular complexity index is 2800. The fourth-order valence-electron chi connectivity index (χ4n) is 8.26. The van der Waals surface area contributed by atoms with Crippen LogP contribution in [0.2, 0.25) is 0 Å². The smallest absolute Gasteiger partial charge is 0.0238 e. The van der Waals surface area contributed by atoms with Gasteiger partial charge in [-0.2, -0.15) is 0 Å². The molecule has 52 heavy (non-hydrogen) atoms. The molecule has 1 aliphatic heterocycles. The molecule has 9 aromatic carbocycles. The highest BCUT2D eigenvalue weighted by Crippen LogP contribution is 2.48. The maximum atomic E-state index is 4.75. The van der Waals surface area contributed by atoms with Crippen LogP contribution in [0.3, 0.4) is 0 Å². The minimum absolute atomic E-state index is 0.865. The SMILES string of the molecule is C=C1c2ccc(-c3c4ccccc4c(-c4cccc5ccccc45)c4ccccc34)cc2SCc2ccc(-c3ccccc3)cc2-c2ccccc21. The fraction of sp³-hybridized carbons (Fsp3) is 0.0196. The van der Waals surface area contributed by atoms with Crippen molar-refractivity contribution in [1.82, 2.24) is 0 Å². The van der Waals surface area contributed by atoms with Crippen molar-refractivity contribution in [1.29, 1.82) is 0 Å². The minimum atomic E-state index is 0.865. The van der Waals surface area contributed by atoms with E-state index in [-0.39, 0.29) is 0 Å². The molecule has 10 rings (SSSR count). The van der Waals surface area contributed by atoms with Gasteiger partial charge in [0.1, 0.15) is 0 Å². The second-order valence-electron chi connectivity index (χ2n) is 13.6. The number of benzene rings is 9. The second kappa shape index (κ2) is 12.6. The molecule has 1 aliphatic rings. The van der Waals surface area contributed by atoms with E-state index >= 15 is 0 Å². The lowest BCUT2D eigenvalue weighted by molar-refractivity contribution is 1.37. The van der Waals surface area contributed by atoms with Crippen LogP contribution < -0.4 is 0 Å². The van der Waals surface area contributed by atoms with Gasteiger partial charge in [-0.3, -0.25) is 0 Å². The van der Waals surface area contributed by atoms with Crippen molar-refractivity contribution in [3.05, 3.63) is 205 Å². The van der Waals surface area contributed by atoms with E-state index in [9.17, 15) is 0 Å². The van der Waals surface area contributed by atoms with Gasteiger partial charge in [0.25, 0.3) is 0 Å². The molecule has 0 fully saturated rings. The van der Waals surface area contributed by atoms with Crippen molar-refractivity contribution in [2.75, 3.05) is 0 Å². The fourth-order valence-corrected chi connectivity index (χ4v) is 9.38. The van der Waals surface area contributed by atoms with Gasteiger partial charge in [0.15, 0.2) is 0 Å². The third-order valence-corrected chi connectivity index (χ3v) is 11.8. The lowest BCUT2D eigenvalue weighted by Gasteiger charge is -2.20. The lowest BCUT2D eigenvalue weighted by atomic mass is 9.84. The Morgan fingerprint density at radius 2 is 0.942 bits per heavy atom. The number of thioether (sulfide) groups is 1. The number of hydrogen-bond acceptors (Lipinski definition) is 1. The summed E-state index contributed by atoms with van der Waals surface area (Å²) in [4.78, 5) is 1.25. The summed E-state index contributed by atoms with van der Waals surface area (Å²) < 4.78 is 0. The third kappa shape index (κ3) is 5.00. The molecule has 9 aromatic rings. The van der Waals surface area contributed by atoms with Crippen molar-refractivity contribution in [2.24, 2.45) is 0 Å². The molecule has 0 radical (unpaired) electrons. The van der Waals surface area contributed by atoms with Gasteiger partial charge in [0, 0.05) is 10.6 Å². The first kappa shape index (κ1) is 30.7. The Morgan fingerprint density at radius 3 is 1.69 bits per heavy atom. The first-order valence-electron chi connectivity index (χ1n) is 17.9. The first-order valence-corrected chi connectivity index (χ1v) is 18.9. The van der Waals surface area contributed by atoms with Crippen LogP contribution in [0.4, 0.5) is 0 Å². The molecule has 1 heterocycles. The molecule has 0 saturated heterocycles. The average Bonchev–Trinajstić information content (AvgIpc) is 3.26. The van der Waals surface area contributed by atoms with Gasteiger partial charge in [-0.1, -0.05) is 176 Å². The van der Waals surface area contributed by atoms with Crippen molar-refractivity contribution in [3.63, 3.8) is 0 Å². The largest absolute Gasteiger partial charge is 0.121 e. The highest BCUT2D eigenvalue weighted by Gasteiger charge is 2.22. The Hall–Kier alpha value is -6.15. The summed E-state index contributed by atoms with van der Waals surface area (Å²) in [6, 6.07) is 66.8. The molecule has 0 spiro atoms. The summed E-state index contributed by atoms with van der Waals surface area (Å²) in [5.41, 5.74) is 14.8. The van der Waals surface area contributed by atoms with E-state index in [4.69, 9.17) is 6.58 Å². The predicted molar refractivity (Wildman–Crippen MR) is 225 cm³/mol. The first-order chi connectivity index (χ1) is 25.7. The van der Waals surface area contributed by atoms with Crippen LogP contribution in [-0.2, 0) is 5.75 Å². The van der Waals surface area contributed by atoms with Gasteiger partial charge in [-0.15, -0.1) is 11.8 Å². The summed E-state index contributed by atoms with van der Waals surface area (Å²) in [5.74, 6) is 0.865. The number of rotatable bonds is 3. The summed E-state index contributed by atoms with van der Waals surface area (Å²) in [5, 5.41) is 7.60. The van der Waals surface area contributed by atoms with E-state index in [1.807, 2.05) is 11.8 Å². The molecule has 0 nitrogen and oxygen atoms in total. The Balaban J connectivity index is 1.17. The average molecular weight is 679 g/mol. The van der Waals surface area contributed by atoms with Gasteiger partial charge < -0.3 is 0 Å². The summed E-state index contributed by atoms with van der Waals surface area (Å²) in [7, 11) is 0. The zero-order chi connectivity index (χ0) is 34.6. The van der Waals surface area contributed by atoms with Crippen molar-refractivity contribution in [2.45, 2.75) is 10.6 Å². The van der Waals surface area contributed by atoms with Gasteiger partial charge >= 0.3 is 0 Å².